The topological polar surface area (TPSA) is 156 Å². The van der Waals surface area contributed by atoms with Gasteiger partial charge in [0.2, 0.25) is 21.8 Å². The minimum atomic E-state index is -3.82. The lowest BCUT2D eigenvalue weighted by Gasteiger charge is -2.27. The molecule has 5 aliphatic rings. The van der Waals surface area contributed by atoms with E-state index in [9.17, 15) is 32.0 Å². The Hall–Kier alpha value is -3.32. The Bertz CT molecular complexity index is 1500. The number of hydrogen-bond donors (Lipinski definition) is 2. The molecule has 3 amide bonds. The third-order valence-electron chi connectivity index (χ3n) is 9.71. The number of nitrogens with zero attached hydrogens (tertiary/aromatic N) is 2. The third-order valence-corrected chi connectivity index (χ3v) is 11.5. The lowest BCUT2D eigenvalue weighted by atomic mass is 9.91. The van der Waals surface area contributed by atoms with Crippen LogP contribution in [0.5, 0.6) is 0 Å². The van der Waals surface area contributed by atoms with Crippen LogP contribution in [0, 0.1) is 17.2 Å². The van der Waals surface area contributed by atoms with E-state index < -0.39 is 68.4 Å². The van der Waals surface area contributed by atoms with Gasteiger partial charge in [-0.25, -0.2) is 17.6 Å². The summed E-state index contributed by atoms with van der Waals surface area (Å²) >= 11 is 0. The van der Waals surface area contributed by atoms with Crippen molar-refractivity contribution in [1.29, 1.82) is 0 Å². The average Bonchev–Trinajstić information content (AvgIpc) is 3.86. The lowest BCUT2D eigenvalue weighted by Crippen LogP contribution is -2.49. The fraction of sp³-hybridized carbons (Fsp3) is 0.613. The summed E-state index contributed by atoms with van der Waals surface area (Å²) in [6.07, 6.45) is 7.14. The normalized spacial score (nSPS) is 31.7. The molecule has 3 aliphatic heterocycles. The van der Waals surface area contributed by atoms with Crippen LogP contribution in [0.15, 0.2) is 30.4 Å². The predicted octanol–water partition coefficient (Wildman–Crippen LogP) is 2.67. The molecule has 0 radical (unpaired) electrons. The molecule has 5 atom stereocenters. The van der Waals surface area contributed by atoms with E-state index in [1.165, 1.54) is 15.9 Å². The molecular formula is C31H39FN4O7S. The maximum atomic E-state index is 14.2. The van der Waals surface area contributed by atoms with Gasteiger partial charge >= 0.3 is 6.09 Å². The van der Waals surface area contributed by atoms with Gasteiger partial charge < -0.3 is 15.4 Å². The fourth-order valence-corrected chi connectivity index (χ4v) is 8.20. The number of fused-ring (bicyclic) bond motifs is 3. The van der Waals surface area contributed by atoms with Crippen LogP contribution in [0.2, 0.25) is 0 Å². The Balaban J connectivity index is 1.20. The first-order valence-corrected chi connectivity index (χ1v) is 17.1. The number of nitrogens with one attached hydrogen (secondary N) is 1. The third kappa shape index (κ3) is 6.13. The van der Waals surface area contributed by atoms with Crippen molar-refractivity contribution in [3.05, 3.63) is 47.3 Å². The van der Waals surface area contributed by atoms with Crippen LogP contribution in [-0.4, -0.2) is 71.9 Å². The zero-order valence-corrected chi connectivity index (χ0v) is 25.4. The number of nitrogens with two attached hydrogens (primary N) is 1. The van der Waals surface area contributed by atoms with Crippen LogP contribution in [0.1, 0.15) is 75.3 Å². The molecule has 44 heavy (non-hydrogen) atoms. The quantitative estimate of drug-likeness (QED) is 0.481. The highest BCUT2D eigenvalue weighted by Crippen LogP contribution is 2.57. The Kier molecular flexibility index (Phi) is 8.29. The van der Waals surface area contributed by atoms with Gasteiger partial charge in [-0.3, -0.25) is 24.0 Å². The van der Waals surface area contributed by atoms with Crippen molar-refractivity contribution in [2.75, 3.05) is 6.54 Å². The Labute approximate surface area is 256 Å². The summed E-state index contributed by atoms with van der Waals surface area (Å²) in [7, 11) is -3.82. The molecule has 0 aromatic heterocycles. The molecule has 3 fully saturated rings. The SMILES string of the molecule is N[C@H]1CCCCC/C=C\[C@@H]2C[C@@]2(C(=O)NS(=O)(=O)C2CC2)CC(=O)[C@@H]2C[C@@H](OC(=O)N3Cc4cccc(F)c4C3)CN2C1=O. The molecule has 1 aromatic carbocycles. The van der Waals surface area contributed by atoms with E-state index in [1.807, 2.05) is 12.2 Å². The van der Waals surface area contributed by atoms with E-state index in [-0.39, 0.29) is 38.4 Å². The van der Waals surface area contributed by atoms with Crippen molar-refractivity contribution < 1.29 is 36.7 Å². The van der Waals surface area contributed by atoms with Crippen molar-refractivity contribution >= 4 is 33.7 Å². The van der Waals surface area contributed by atoms with Crippen LogP contribution < -0.4 is 10.5 Å². The van der Waals surface area contributed by atoms with Gasteiger partial charge in [-0.05, 0) is 56.1 Å². The molecule has 0 unspecified atom stereocenters. The summed E-state index contributed by atoms with van der Waals surface area (Å²) in [4.78, 5) is 56.8. The zero-order valence-electron chi connectivity index (χ0n) is 24.6. The molecule has 13 heteroatoms. The molecule has 1 saturated heterocycles. The average molecular weight is 631 g/mol. The van der Waals surface area contributed by atoms with E-state index >= 15 is 0 Å². The molecule has 0 bridgehead atoms. The first kappa shape index (κ1) is 30.7. The Morgan fingerprint density at radius 1 is 1.09 bits per heavy atom. The maximum Gasteiger partial charge on any atom is 0.410 e. The summed E-state index contributed by atoms with van der Waals surface area (Å²) < 4.78 is 47.5. The first-order valence-electron chi connectivity index (χ1n) is 15.5. The predicted molar refractivity (Wildman–Crippen MR) is 156 cm³/mol. The molecule has 2 saturated carbocycles. The summed E-state index contributed by atoms with van der Waals surface area (Å²) in [5.74, 6) is -2.21. The summed E-state index contributed by atoms with van der Waals surface area (Å²) in [6.45, 7) is 0.201. The van der Waals surface area contributed by atoms with Gasteiger partial charge in [-0.2, -0.15) is 0 Å². The highest BCUT2D eigenvalue weighted by atomic mass is 32.2. The number of sulfonamides is 1. The summed E-state index contributed by atoms with van der Waals surface area (Å²) in [5.41, 5.74) is 6.18. The van der Waals surface area contributed by atoms with Crippen LogP contribution >= 0.6 is 0 Å². The van der Waals surface area contributed by atoms with Crippen LogP contribution in [0.3, 0.4) is 0 Å². The van der Waals surface area contributed by atoms with E-state index in [1.54, 1.807) is 12.1 Å². The Morgan fingerprint density at radius 2 is 1.89 bits per heavy atom. The fourth-order valence-electron chi connectivity index (χ4n) is 6.81. The summed E-state index contributed by atoms with van der Waals surface area (Å²) in [6, 6.07) is 2.84. The highest BCUT2D eigenvalue weighted by molar-refractivity contribution is 7.90. The van der Waals surface area contributed by atoms with E-state index in [2.05, 4.69) is 4.72 Å². The zero-order chi connectivity index (χ0) is 31.2. The molecule has 11 nitrogen and oxygen atoms in total. The largest absolute Gasteiger partial charge is 0.444 e. The second kappa shape index (κ2) is 11.9. The molecule has 3 N–H and O–H groups in total. The number of halogens is 1. The number of ether oxygens (including phenoxy) is 1. The van der Waals surface area contributed by atoms with E-state index in [4.69, 9.17) is 10.5 Å². The minimum absolute atomic E-state index is 0.0246. The smallest absolute Gasteiger partial charge is 0.410 e. The van der Waals surface area contributed by atoms with Crippen molar-refractivity contribution in [3.63, 3.8) is 0 Å². The monoisotopic (exact) mass is 630 g/mol. The van der Waals surface area contributed by atoms with Crippen LogP contribution in [-0.2, 0) is 42.2 Å². The molecule has 1 aromatic rings. The van der Waals surface area contributed by atoms with Gasteiger partial charge in [-0.15, -0.1) is 0 Å². The Morgan fingerprint density at radius 3 is 2.64 bits per heavy atom. The molecule has 2 aliphatic carbocycles. The standard InChI is InChI=1S/C31H39FN4O7S/c32-24-9-6-7-19-16-35(18-23(19)24)30(40)43-21-13-26-27(37)15-31(29(39)34-44(41,42)22-11-12-22)14-20(31)8-4-2-1-3-5-10-25(33)28(38)36(26)17-21/h4,6-9,20-22,25-26H,1-3,5,10-18,33H2,(H,34,39)/b8-4-/t20-,21-,25+,26+,31-/m1/s1. The number of Topliss-reactive ketones (excluding diaryl/α,β-unsaturated/α-hetero) is 1. The maximum absolute atomic E-state index is 14.2. The van der Waals surface area contributed by atoms with Gasteiger partial charge in [0.25, 0.3) is 0 Å². The number of benzene rings is 1. The number of hydrogen-bond acceptors (Lipinski definition) is 8. The molecule has 6 rings (SSSR count). The van der Waals surface area contributed by atoms with Gasteiger partial charge in [0, 0.05) is 24.9 Å². The minimum Gasteiger partial charge on any atom is -0.444 e. The molecule has 0 spiro atoms. The molecule has 238 valence electrons. The van der Waals surface area contributed by atoms with Gasteiger partial charge in [-0.1, -0.05) is 37.1 Å². The molecule has 3 heterocycles. The van der Waals surface area contributed by atoms with E-state index in [0.717, 1.165) is 25.7 Å². The van der Waals surface area contributed by atoms with Gasteiger partial charge in [0.05, 0.1) is 35.8 Å². The number of allylic oxidation sites excluding steroid dienone is 2. The lowest BCUT2D eigenvalue weighted by molar-refractivity contribution is -0.140. The van der Waals surface area contributed by atoms with Crippen LogP contribution in [0.4, 0.5) is 9.18 Å². The van der Waals surface area contributed by atoms with Crippen molar-refractivity contribution in [1.82, 2.24) is 14.5 Å². The van der Waals surface area contributed by atoms with Crippen molar-refractivity contribution in [3.8, 4) is 0 Å². The van der Waals surface area contributed by atoms with Crippen molar-refractivity contribution in [2.45, 2.75) is 101 Å². The van der Waals surface area contributed by atoms with Crippen LogP contribution in [0.25, 0.3) is 0 Å². The number of carbonyl (C=O) groups excluding carboxylic acids is 4. The summed E-state index contributed by atoms with van der Waals surface area (Å²) in [5, 5.41) is -0.590. The van der Waals surface area contributed by atoms with Gasteiger partial charge in [0.1, 0.15) is 11.9 Å². The number of rotatable bonds is 4. The van der Waals surface area contributed by atoms with E-state index in [0.29, 0.717) is 36.8 Å². The number of amides is 3. The number of carbonyl (C=O) groups is 4. The van der Waals surface area contributed by atoms with Crippen molar-refractivity contribution in [2.24, 2.45) is 17.1 Å². The first-order chi connectivity index (χ1) is 21.0. The number of ketones is 1. The highest BCUT2D eigenvalue weighted by Gasteiger charge is 2.61. The second-order valence-electron chi connectivity index (χ2n) is 12.9. The van der Waals surface area contributed by atoms with Gasteiger partial charge in [0.15, 0.2) is 5.78 Å². The molecular weight excluding hydrogens is 591 g/mol. The second-order valence-corrected chi connectivity index (χ2v) is 14.9.